The summed E-state index contributed by atoms with van der Waals surface area (Å²) >= 11 is 0. The number of hydrogen-bond acceptors (Lipinski definition) is 3. The van der Waals surface area contributed by atoms with Crippen molar-refractivity contribution in [1.82, 2.24) is 0 Å². The van der Waals surface area contributed by atoms with Crippen LogP contribution < -0.4 is 14.8 Å². The SMILES string of the molecule is Fc1cccc2c1N[C@@H](c1ccc3c(c1)OCO3)[C@@H]1CC=C[C@H]21. The minimum atomic E-state index is -0.188. The number of rotatable bonds is 1. The Morgan fingerprint density at radius 2 is 2.00 bits per heavy atom. The number of ether oxygens (including phenoxy) is 2. The molecule has 4 heteroatoms. The topological polar surface area (TPSA) is 30.5 Å². The van der Waals surface area contributed by atoms with Crippen molar-refractivity contribution in [2.75, 3.05) is 12.1 Å². The molecule has 2 aromatic carbocycles. The highest BCUT2D eigenvalue weighted by Gasteiger charge is 2.39. The molecule has 0 spiro atoms. The van der Waals surface area contributed by atoms with Crippen LogP contribution in [0, 0.1) is 11.7 Å². The maximum atomic E-state index is 14.3. The molecule has 0 bridgehead atoms. The van der Waals surface area contributed by atoms with Gasteiger partial charge in [-0.2, -0.15) is 0 Å². The lowest BCUT2D eigenvalue weighted by atomic mass is 9.77. The number of para-hydroxylation sites is 1. The summed E-state index contributed by atoms with van der Waals surface area (Å²) in [6, 6.07) is 11.4. The molecule has 2 aliphatic heterocycles. The fraction of sp³-hybridized carbons (Fsp3) is 0.263. The maximum Gasteiger partial charge on any atom is 0.231 e. The first-order valence-electron chi connectivity index (χ1n) is 7.92. The fourth-order valence-corrected chi connectivity index (χ4v) is 4.02. The van der Waals surface area contributed by atoms with E-state index in [1.165, 1.54) is 6.07 Å². The van der Waals surface area contributed by atoms with Gasteiger partial charge in [-0.15, -0.1) is 0 Å². The average Bonchev–Trinajstić information content (AvgIpc) is 3.23. The van der Waals surface area contributed by atoms with Gasteiger partial charge in [-0.25, -0.2) is 4.39 Å². The standard InChI is InChI=1S/C19H16FNO2/c20-15-6-2-5-14-12-3-1-4-13(12)18(21-19(14)15)11-7-8-16-17(9-11)23-10-22-16/h1-3,5-9,12-13,18,21H,4,10H2/t12-,13+,18-/m0/s1. The molecule has 5 rings (SSSR count). The predicted octanol–water partition coefficient (Wildman–Crippen LogP) is 4.38. The largest absolute Gasteiger partial charge is 0.454 e. The second kappa shape index (κ2) is 4.75. The van der Waals surface area contributed by atoms with Crippen LogP contribution >= 0.6 is 0 Å². The van der Waals surface area contributed by atoms with Gasteiger partial charge in [0.15, 0.2) is 11.5 Å². The van der Waals surface area contributed by atoms with Gasteiger partial charge in [-0.3, -0.25) is 0 Å². The van der Waals surface area contributed by atoms with E-state index in [2.05, 4.69) is 17.5 Å². The first-order valence-corrected chi connectivity index (χ1v) is 7.92. The van der Waals surface area contributed by atoms with Crippen LogP contribution in [-0.2, 0) is 0 Å². The molecule has 3 nitrogen and oxygen atoms in total. The van der Waals surface area contributed by atoms with Gasteiger partial charge in [0.25, 0.3) is 0 Å². The Balaban J connectivity index is 1.60. The molecule has 2 heterocycles. The zero-order valence-electron chi connectivity index (χ0n) is 12.5. The Kier molecular flexibility index (Phi) is 2.68. The van der Waals surface area contributed by atoms with Crippen LogP contribution in [0.3, 0.4) is 0 Å². The third-order valence-electron chi connectivity index (χ3n) is 5.10. The molecule has 0 aromatic heterocycles. The number of fused-ring (bicyclic) bond motifs is 4. The molecule has 0 fully saturated rings. The molecule has 0 unspecified atom stereocenters. The summed E-state index contributed by atoms with van der Waals surface area (Å²) in [6.07, 6.45) is 5.41. The number of hydrogen-bond donors (Lipinski definition) is 1. The van der Waals surface area contributed by atoms with E-state index in [1.54, 1.807) is 6.07 Å². The monoisotopic (exact) mass is 309 g/mol. The molecule has 1 N–H and O–H groups in total. The summed E-state index contributed by atoms with van der Waals surface area (Å²) in [4.78, 5) is 0. The highest BCUT2D eigenvalue weighted by atomic mass is 19.1. The highest BCUT2D eigenvalue weighted by molar-refractivity contribution is 5.61. The third-order valence-corrected chi connectivity index (χ3v) is 5.10. The lowest BCUT2D eigenvalue weighted by molar-refractivity contribution is 0.174. The number of halogens is 1. The average molecular weight is 309 g/mol. The van der Waals surface area contributed by atoms with E-state index in [-0.39, 0.29) is 24.6 Å². The minimum Gasteiger partial charge on any atom is -0.454 e. The molecular formula is C19H16FNO2. The molecule has 0 saturated carbocycles. The van der Waals surface area contributed by atoms with E-state index < -0.39 is 0 Å². The summed E-state index contributed by atoms with van der Waals surface area (Å²) in [7, 11) is 0. The Labute approximate surface area is 133 Å². The molecule has 23 heavy (non-hydrogen) atoms. The van der Waals surface area contributed by atoms with Crippen molar-refractivity contribution in [1.29, 1.82) is 0 Å². The van der Waals surface area contributed by atoms with E-state index in [0.29, 0.717) is 11.6 Å². The highest BCUT2D eigenvalue weighted by Crippen LogP contribution is 2.51. The number of nitrogens with one attached hydrogen (secondary N) is 1. The predicted molar refractivity (Wildman–Crippen MR) is 85.3 cm³/mol. The first kappa shape index (κ1) is 13.0. The van der Waals surface area contributed by atoms with Gasteiger partial charge >= 0.3 is 0 Å². The minimum absolute atomic E-state index is 0.0638. The molecular weight excluding hydrogens is 293 g/mol. The van der Waals surface area contributed by atoms with Crippen molar-refractivity contribution in [2.45, 2.75) is 18.4 Å². The van der Waals surface area contributed by atoms with Gasteiger partial charge in [0.05, 0.1) is 11.7 Å². The van der Waals surface area contributed by atoms with Crippen molar-refractivity contribution in [3.63, 3.8) is 0 Å². The van der Waals surface area contributed by atoms with Crippen LogP contribution in [0.1, 0.15) is 29.5 Å². The normalized spacial score (nSPS) is 26.6. The Bertz CT molecular complexity index is 817. The summed E-state index contributed by atoms with van der Waals surface area (Å²) in [5.74, 6) is 2.01. The van der Waals surface area contributed by atoms with Crippen LogP contribution in [-0.4, -0.2) is 6.79 Å². The molecule has 0 radical (unpaired) electrons. The van der Waals surface area contributed by atoms with E-state index in [9.17, 15) is 4.39 Å². The van der Waals surface area contributed by atoms with E-state index in [0.717, 1.165) is 29.0 Å². The Morgan fingerprint density at radius 3 is 2.96 bits per heavy atom. The van der Waals surface area contributed by atoms with Gasteiger partial charge < -0.3 is 14.8 Å². The van der Waals surface area contributed by atoms with Crippen molar-refractivity contribution in [3.8, 4) is 11.5 Å². The van der Waals surface area contributed by atoms with Crippen LogP contribution in [0.5, 0.6) is 11.5 Å². The zero-order chi connectivity index (χ0) is 15.4. The van der Waals surface area contributed by atoms with Crippen LogP contribution in [0.25, 0.3) is 0 Å². The lowest BCUT2D eigenvalue weighted by Crippen LogP contribution is -2.29. The molecule has 0 amide bonds. The molecule has 1 aliphatic carbocycles. The van der Waals surface area contributed by atoms with Crippen molar-refractivity contribution >= 4 is 5.69 Å². The second-order valence-corrected chi connectivity index (χ2v) is 6.29. The van der Waals surface area contributed by atoms with Crippen LogP contribution in [0.4, 0.5) is 10.1 Å². The number of anilines is 1. The summed E-state index contributed by atoms with van der Waals surface area (Å²) in [5.41, 5.74) is 2.80. The number of benzene rings is 2. The van der Waals surface area contributed by atoms with Gasteiger partial charge in [0.2, 0.25) is 6.79 Å². The summed E-state index contributed by atoms with van der Waals surface area (Å²) in [5, 5.41) is 3.43. The maximum absolute atomic E-state index is 14.3. The molecule has 116 valence electrons. The number of allylic oxidation sites excluding steroid dienone is 2. The van der Waals surface area contributed by atoms with Crippen molar-refractivity contribution in [2.24, 2.45) is 5.92 Å². The smallest absolute Gasteiger partial charge is 0.231 e. The molecule has 3 aliphatic rings. The summed E-state index contributed by atoms with van der Waals surface area (Å²) < 4.78 is 25.2. The van der Waals surface area contributed by atoms with E-state index in [1.807, 2.05) is 24.3 Å². The molecule has 2 aromatic rings. The van der Waals surface area contributed by atoms with Gasteiger partial charge in [0, 0.05) is 5.92 Å². The zero-order valence-corrected chi connectivity index (χ0v) is 12.5. The quantitative estimate of drug-likeness (QED) is 0.793. The van der Waals surface area contributed by atoms with Crippen molar-refractivity contribution in [3.05, 3.63) is 65.5 Å². The van der Waals surface area contributed by atoms with Gasteiger partial charge in [0.1, 0.15) is 5.82 Å². The fourth-order valence-electron chi connectivity index (χ4n) is 4.02. The van der Waals surface area contributed by atoms with Crippen molar-refractivity contribution < 1.29 is 13.9 Å². The van der Waals surface area contributed by atoms with Gasteiger partial charge in [-0.1, -0.05) is 30.4 Å². The Morgan fingerprint density at radius 1 is 1.09 bits per heavy atom. The Hall–Kier alpha value is -2.49. The van der Waals surface area contributed by atoms with E-state index in [4.69, 9.17) is 9.47 Å². The van der Waals surface area contributed by atoms with E-state index >= 15 is 0 Å². The molecule has 3 atom stereocenters. The molecule has 0 saturated heterocycles. The van der Waals surface area contributed by atoms with Crippen LogP contribution in [0.2, 0.25) is 0 Å². The third kappa shape index (κ3) is 1.87. The van der Waals surface area contributed by atoms with Crippen LogP contribution in [0.15, 0.2) is 48.6 Å². The summed E-state index contributed by atoms with van der Waals surface area (Å²) in [6.45, 7) is 0.266. The lowest BCUT2D eigenvalue weighted by Gasteiger charge is -2.37. The second-order valence-electron chi connectivity index (χ2n) is 6.29. The van der Waals surface area contributed by atoms with Gasteiger partial charge in [-0.05, 0) is 41.7 Å². The first-order chi connectivity index (χ1) is 11.3.